The first kappa shape index (κ1) is 122. The summed E-state index contributed by atoms with van der Waals surface area (Å²) >= 11 is 3.55. The Morgan fingerprint density at radius 1 is 0.520 bits per heavy atom. The van der Waals surface area contributed by atoms with Crippen LogP contribution in [0.4, 0.5) is 0 Å². The van der Waals surface area contributed by atoms with Crippen LogP contribution < -0.4 is 64.2 Å². The molecule has 0 unspecified atom stereocenters. The molecular formula is C98H138N20O27S3. The van der Waals surface area contributed by atoms with Gasteiger partial charge >= 0.3 is 30.0 Å². The quantitative estimate of drug-likeness (QED) is 0.0259. The molecule has 2 aromatic heterocycles. The second-order valence-electron chi connectivity index (χ2n) is 37.4. The molecule has 2 fully saturated rings. The number of hydrogen-bond acceptors (Lipinski definition) is 30. The lowest BCUT2D eigenvalue weighted by Gasteiger charge is -2.32. The van der Waals surface area contributed by atoms with E-state index in [0.717, 1.165) is 16.7 Å². The number of benzene rings is 3. The number of carbonyl (C=O) groups excluding carboxylic acids is 18. The lowest BCUT2D eigenvalue weighted by atomic mass is 9.92. The maximum atomic E-state index is 15.5. The molecule has 14 amide bonds. The van der Waals surface area contributed by atoms with Crippen molar-refractivity contribution in [1.29, 1.82) is 0 Å². The van der Waals surface area contributed by atoms with Gasteiger partial charge < -0.3 is 110 Å². The zero-order valence-corrected chi connectivity index (χ0v) is 85.7. The number of primary amides is 1. The van der Waals surface area contributed by atoms with Gasteiger partial charge in [0.1, 0.15) is 54.4 Å². The summed E-state index contributed by atoms with van der Waals surface area (Å²) in [4.78, 5) is 311. The van der Waals surface area contributed by atoms with Gasteiger partial charge in [0.15, 0.2) is 11.6 Å². The fraction of sp³-hybridized carbons (Fsp3) is 0.561. The normalized spacial score (nSPS) is 22.8. The summed E-state index contributed by atoms with van der Waals surface area (Å²) in [5.74, 6) is -22.7. The molecule has 3 aromatic carbocycles. The Hall–Kier alpha value is -13.2. The Labute approximate surface area is 868 Å². The molecule has 50 heteroatoms. The van der Waals surface area contributed by atoms with Gasteiger partial charge in [-0.1, -0.05) is 96.6 Å². The Morgan fingerprint density at radius 2 is 0.993 bits per heavy atom. The lowest BCUT2D eigenvalue weighted by molar-refractivity contribution is -0.192. The van der Waals surface area contributed by atoms with E-state index in [0.29, 0.717) is 56.0 Å². The van der Waals surface area contributed by atoms with Crippen LogP contribution >= 0.6 is 35.3 Å². The largest absolute Gasteiger partial charge is 0.481 e. The van der Waals surface area contributed by atoms with Crippen molar-refractivity contribution in [2.24, 2.45) is 29.4 Å². The van der Waals surface area contributed by atoms with Crippen molar-refractivity contribution in [3.63, 3.8) is 0 Å². The highest BCUT2D eigenvalue weighted by Crippen LogP contribution is 2.30. The second kappa shape index (κ2) is 60.3. The standard InChI is InChI=1S/C96H134N20O25S3.CO2.CH4/c1-9-60-36-75(119)86(56(7)117)110-89(134)63(37-74(118)55(6)102-78(122)42-111(8)79(123)20-21-98-77(121)43-112-23-25-113(44-81(126)127)27-29-115(46-83(130)131)30-28-114(26-24-112)45-82(128)129)50-142-47-57-31-58-33-59(32-57)49-144-52-72(107-88(60)133)93(138)104-69(35-62-40-100-67-18-13-11-16-65(62)67)92(137)108-84(53(2)3)95(140)105-70(38-80(124)125)90(135)101-41-76(120)103-68(34-61-39-99-66-17-12-10-15-64(61)66)91(136)109-85(54(4)5)96(141)116-22-14-19-73(116)94(139)106-71(87(97)132)51-143-48-58;2-1-3;/h10-13,15-18,31-33,39-40,53-56,60,63,68-73,84-86,99-100,117H,9,14,19-30,34-38,41-52H2,1-8H3,(H2,97,132)(H,98,121)(H,101,135)(H,102,122)(H,103,120)(H,104,138)(H,105,140)(H,106,139)(H,107,133)(H,108,137)(H,109,136)(H,110,134)(H,124,125)(H,126,127)(H,128,129)(H,130,131);;1H4/t55-,56+,60+,63-,68-,69-,70-,71-,72-,73-,84-,85-,86-;;/m0../s1. The van der Waals surface area contributed by atoms with Crippen LogP contribution in [0.3, 0.4) is 0 Å². The van der Waals surface area contributed by atoms with Crippen LogP contribution in [-0.2, 0) is 136 Å². The molecule has 6 heterocycles. The third kappa shape index (κ3) is 38.8. The zero-order chi connectivity index (χ0) is 108. The first-order chi connectivity index (χ1) is 69.8. The topological polar surface area (TPSA) is 686 Å². The number of ketones is 2. The highest BCUT2D eigenvalue weighted by atomic mass is 32.2. The molecule has 2 saturated heterocycles. The monoisotopic (exact) mass is 2120 g/mol. The fourth-order valence-corrected chi connectivity index (χ4v) is 20.3. The minimum atomic E-state index is -1.92. The van der Waals surface area contributed by atoms with Crippen LogP contribution in [-0.4, -0.2) is 385 Å². The summed E-state index contributed by atoms with van der Waals surface area (Å²) < 4.78 is 0. The van der Waals surface area contributed by atoms with E-state index in [1.165, 1.54) is 63.2 Å². The Morgan fingerprint density at radius 3 is 1.49 bits per heavy atom. The van der Waals surface area contributed by atoms with E-state index in [1.807, 2.05) is 18.2 Å². The number of aromatic amines is 2. The maximum absolute atomic E-state index is 15.5. The van der Waals surface area contributed by atoms with Crippen LogP contribution in [0.15, 0.2) is 79.1 Å². The number of carbonyl (C=O) groups is 20. The number of carboxylic acids is 4. The molecule has 13 atom stereocenters. The summed E-state index contributed by atoms with van der Waals surface area (Å²) in [7, 11) is 1.32. The second-order valence-corrected chi connectivity index (χ2v) is 40.5. The number of aromatic nitrogens is 2. The van der Waals surface area contributed by atoms with E-state index >= 15 is 14.4 Å². The third-order valence-corrected chi connectivity index (χ3v) is 28.7. The van der Waals surface area contributed by atoms with Crippen molar-refractivity contribution in [3.05, 3.63) is 107 Å². The van der Waals surface area contributed by atoms with Crippen LogP contribution in [0.1, 0.15) is 129 Å². The number of nitrogens with one attached hydrogen (secondary N) is 13. The molecule has 47 nitrogen and oxygen atoms in total. The van der Waals surface area contributed by atoms with E-state index in [9.17, 15) is 107 Å². The molecule has 5 aromatic rings. The Kier molecular flexibility index (Phi) is 49.6. The van der Waals surface area contributed by atoms with Crippen molar-refractivity contribution in [3.8, 4) is 0 Å². The number of rotatable bonds is 28. The predicted octanol–water partition coefficient (Wildman–Crippen LogP) is -1.94. The number of amides is 14. The van der Waals surface area contributed by atoms with Crippen LogP contribution in [0.5, 0.6) is 0 Å². The van der Waals surface area contributed by atoms with Crippen molar-refractivity contribution in [2.75, 3.05) is 129 Å². The number of para-hydroxylation sites is 2. The number of aliphatic hydroxyl groups excluding tert-OH is 1. The Balaban J connectivity index is 0.00000732. The number of H-pyrrole nitrogens is 2. The van der Waals surface area contributed by atoms with Gasteiger partial charge in [0.2, 0.25) is 82.7 Å². The number of nitrogens with two attached hydrogens (primary N) is 1. The van der Waals surface area contributed by atoms with Gasteiger partial charge in [-0.05, 0) is 84.9 Å². The molecule has 148 heavy (non-hydrogen) atoms. The summed E-state index contributed by atoms with van der Waals surface area (Å²) in [6.45, 7) is 8.79. The van der Waals surface area contributed by atoms with E-state index < -0.39 is 241 Å². The van der Waals surface area contributed by atoms with Gasteiger partial charge in [-0.2, -0.15) is 44.9 Å². The number of carboxylic acid groups (broad SMARTS) is 4. The van der Waals surface area contributed by atoms with E-state index in [-0.39, 0.29) is 172 Å². The third-order valence-electron chi connectivity index (χ3n) is 25.3. The number of nitrogens with zero attached hydrogens (tertiary/aromatic N) is 6. The SMILES string of the molecule is C.CC[C@@H]1CC(=O)[C@H]([C@@H](C)O)NC(=O)[C@@H](CC(=O)[C@H](C)NC(=O)CN(C)C(=O)CCNC(=O)CN2CCN(CC(=O)O)CCN(CC(=O)O)CCN(CC(=O)O)CC2)CSCc2cc3cc(c2)CSC[C@H](NC1=O)C(=O)N[C@@H](Cc1c[nH]c2ccccc12)C(=O)N[C@@H](C(C)C)C(=O)N[C@@H](CC(=O)O)C(=O)NCC(=O)N[C@@H](Cc1c[nH]c2ccccc12)C(=O)N[C@@H](C(C)C)C(=O)N1CCC[C@H]1C(=O)N[C@H](C(N)=O)CSC3.O=C=O. The predicted molar refractivity (Wildman–Crippen MR) is 545 cm³/mol. The maximum Gasteiger partial charge on any atom is 0.373 e. The highest BCUT2D eigenvalue weighted by molar-refractivity contribution is 7.99. The Bertz CT molecular complexity index is 5530. The van der Waals surface area contributed by atoms with Gasteiger partial charge in [-0.25, -0.2) is 0 Å². The van der Waals surface area contributed by atoms with Gasteiger partial charge in [0.05, 0.1) is 63.8 Å². The first-order valence-corrected chi connectivity index (χ1v) is 51.8. The van der Waals surface area contributed by atoms with Crippen molar-refractivity contribution >= 4 is 181 Å². The fourth-order valence-electron chi connectivity index (χ4n) is 17.3. The molecule has 0 radical (unpaired) electrons. The minimum absolute atomic E-state index is 0. The molecule has 4 aliphatic heterocycles. The number of likely N-dealkylation sites (N-methyl/N-ethyl adjacent to an activating group) is 1. The van der Waals surface area contributed by atoms with Crippen LogP contribution in [0, 0.1) is 23.7 Å². The number of thioether (sulfide) groups is 3. The summed E-state index contributed by atoms with van der Waals surface area (Å²) in [5.41, 5.74) is 10.3. The number of aliphatic carboxylic acids is 4. The van der Waals surface area contributed by atoms with E-state index in [4.69, 9.17) is 15.3 Å². The average molecular weight is 2120 g/mol. The molecular weight excluding hydrogens is 1990 g/mol. The number of Topliss-reactive ketones (excluding diaryl/α,β-unsaturated/α-hetero) is 2. The van der Waals surface area contributed by atoms with Crippen LogP contribution in [0.25, 0.3) is 21.8 Å². The van der Waals surface area contributed by atoms with Crippen molar-refractivity contribution in [2.45, 2.75) is 197 Å². The number of aliphatic hydroxyl groups is 1. The molecule has 0 saturated carbocycles. The van der Waals surface area contributed by atoms with E-state index in [2.05, 4.69) is 68.5 Å². The van der Waals surface area contributed by atoms with Gasteiger partial charge in [-0.15, -0.1) is 0 Å². The van der Waals surface area contributed by atoms with Gasteiger partial charge in [-0.3, -0.25) is 115 Å². The number of fused-ring (bicyclic) bond motifs is 8. The minimum Gasteiger partial charge on any atom is -0.481 e. The molecule has 0 spiro atoms. The zero-order valence-electron chi connectivity index (χ0n) is 83.3. The molecule has 20 N–H and O–H groups in total. The van der Waals surface area contributed by atoms with Crippen molar-refractivity contribution < 1.29 is 131 Å². The molecule has 4 aliphatic rings. The highest BCUT2D eigenvalue weighted by Gasteiger charge is 2.43. The first-order valence-electron chi connectivity index (χ1n) is 48.4. The molecule has 4 bridgehead atoms. The number of hydrogen-bond donors (Lipinski definition) is 19. The van der Waals surface area contributed by atoms with Crippen LogP contribution in [0.2, 0.25) is 0 Å². The van der Waals surface area contributed by atoms with E-state index in [1.54, 1.807) is 101 Å². The van der Waals surface area contributed by atoms with Crippen molar-refractivity contribution in [1.82, 2.24) is 97.9 Å². The summed E-state index contributed by atoms with van der Waals surface area (Å²) in [5, 5.41) is 80.9. The van der Waals surface area contributed by atoms with Gasteiger partial charge in [0.25, 0.3) is 0 Å². The smallest absolute Gasteiger partial charge is 0.373 e. The van der Waals surface area contributed by atoms with Gasteiger partial charge in [0, 0.05) is 179 Å². The molecule has 810 valence electrons. The molecule has 9 rings (SSSR count). The summed E-state index contributed by atoms with van der Waals surface area (Å²) in [6.07, 6.45) is -0.781. The lowest BCUT2D eigenvalue weighted by Crippen LogP contribution is -2.61. The molecule has 0 aliphatic carbocycles. The summed E-state index contributed by atoms with van der Waals surface area (Å²) in [6, 6.07) is 4.63. The average Bonchev–Trinajstić information content (AvgIpc) is 1.72.